The van der Waals surface area contributed by atoms with Gasteiger partial charge < -0.3 is 4.74 Å². The molecule has 0 bridgehead atoms. The van der Waals surface area contributed by atoms with E-state index in [4.69, 9.17) is 9.94 Å². The van der Waals surface area contributed by atoms with Crippen molar-refractivity contribution >= 4 is 11.7 Å². The number of para-hydroxylation sites is 1. The standard InChI is InChI=1S/C9H11NO3/c1-2-13-9(11)7-5-3-4-6-8(7)10-12/h3-6,10,12H,2H2,1H3. The molecule has 0 aromatic heterocycles. The summed E-state index contributed by atoms with van der Waals surface area (Å²) >= 11 is 0. The van der Waals surface area contributed by atoms with E-state index in [1.54, 1.807) is 31.2 Å². The number of nitrogens with one attached hydrogen (secondary N) is 1. The van der Waals surface area contributed by atoms with Crippen LogP contribution in [-0.2, 0) is 4.74 Å². The first-order valence-electron chi connectivity index (χ1n) is 3.95. The predicted octanol–water partition coefficient (Wildman–Crippen LogP) is 1.66. The average Bonchev–Trinajstić information content (AvgIpc) is 2.18. The summed E-state index contributed by atoms with van der Waals surface area (Å²) in [6, 6.07) is 6.58. The number of anilines is 1. The maximum absolute atomic E-state index is 11.3. The number of hydrogen-bond donors (Lipinski definition) is 2. The Bertz CT molecular complexity index is 299. The van der Waals surface area contributed by atoms with Crippen molar-refractivity contribution in [2.45, 2.75) is 6.92 Å². The van der Waals surface area contributed by atoms with Crippen LogP contribution in [0.5, 0.6) is 0 Å². The van der Waals surface area contributed by atoms with Crippen molar-refractivity contribution in [2.75, 3.05) is 12.1 Å². The van der Waals surface area contributed by atoms with Crippen LogP contribution in [-0.4, -0.2) is 17.8 Å². The number of benzene rings is 1. The molecule has 2 N–H and O–H groups in total. The number of esters is 1. The van der Waals surface area contributed by atoms with E-state index in [2.05, 4.69) is 0 Å². The first kappa shape index (κ1) is 9.54. The lowest BCUT2D eigenvalue weighted by atomic mass is 10.2. The number of ether oxygens (including phenoxy) is 1. The molecule has 0 atom stereocenters. The summed E-state index contributed by atoms with van der Waals surface area (Å²) in [6.07, 6.45) is 0. The third-order valence-electron chi connectivity index (χ3n) is 1.54. The third kappa shape index (κ3) is 2.19. The van der Waals surface area contributed by atoms with E-state index in [0.717, 1.165) is 0 Å². The molecule has 0 aliphatic carbocycles. The Morgan fingerprint density at radius 3 is 2.85 bits per heavy atom. The second-order valence-electron chi connectivity index (χ2n) is 2.38. The van der Waals surface area contributed by atoms with Gasteiger partial charge in [-0.15, -0.1) is 0 Å². The number of rotatable bonds is 3. The molecule has 13 heavy (non-hydrogen) atoms. The minimum absolute atomic E-state index is 0.318. The molecule has 0 saturated heterocycles. The van der Waals surface area contributed by atoms with Crippen LogP contribution in [0.2, 0.25) is 0 Å². The van der Waals surface area contributed by atoms with Gasteiger partial charge in [0.1, 0.15) is 0 Å². The van der Waals surface area contributed by atoms with E-state index in [0.29, 0.717) is 17.9 Å². The Kier molecular flexibility index (Phi) is 3.28. The average molecular weight is 181 g/mol. The lowest BCUT2D eigenvalue weighted by molar-refractivity contribution is 0.0526. The largest absolute Gasteiger partial charge is 0.462 e. The Morgan fingerprint density at radius 2 is 2.23 bits per heavy atom. The van der Waals surface area contributed by atoms with Crippen molar-refractivity contribution in [2.24, 2.45) is 0 Å². The highest BCUT2D eigenvalue weighted by Gasteiger charge is 2.10. The lowest BCUT2D eigenvalue weighted by Crippen LogP contribution is -2.07. The van der Waals surface area contributed by atoms with Gasteiger partial charge in [0.05, 0.1) is 17.9 Å². The lowest BCUT2D eigenvalue weighted by Gasteiger charge is -2.06. The quantitative estimate of drug-likeness (QED) is 0.550. The van der Waals surface area contributed by atoms with E-state index >= 15 is 0 Å². The third-order valence-corrected chi connectivity index (χ3v) is 1.54. The molecule has 0 unspecified atom stereocenters. The van der Waals surface area contributed by atoms with Crippen LogP contribution in [0.3, 0.4) is 0 Å². The second-order valence-corrected chi connectivity index (χ2v) is 2.38. The molecule has 0 aliphatic rings. The Morgan fingerprint density at radius 1 is 1.54 bits per heavy atom. The topological polar surface area (TPSA) is 58.6 Å². The molecule has 1 aromatic carbocycles. The summed E-state index contributed by atoms with van der Waals surface area (Å²) in [5.74, 6) is -0.445. The van der Waals surface area contributed by atoms with E-state index in [1.807, 2.05) is 5.48 Å². The summed E-state index contributed by atoms with van der Waals surface area (Å²) in [4.78, 5) is 11.3. The van der Waals surface area contributed by atoms with E-state index in [1.165, 1.54) is 0 Å². The minimum Gasteiger partial charge on any atom is -0.462 e. The van der Waals surface area contributed by atoms with Crippen LogP contribution in [0, 0.1) is 0 Å². The zero-order valence-corrected chi connectivity index (χ0v) is 7.28. The number of hydrogen-bond acceptors (Lipinski definition) is 4. The van der Waals surface area contributed by atoms with Crippen molar-refractivity contribution in [1.82, 2.24) is 0 Å². The van der Waals surface area contributed by atoms with Crippen LogP contribution >= 0.6 is 0 Å². The molecule has 0 heterocycles. The zero-order valence-electron chi connectivity index (χ0n) is 7.28. The Hall–Kier alpha value is -1.55. The molecule has 0 fully saturated rings. The SMILES string of the molecule is CCOC(=O)c1ccccc1NO. The molecule has 0 radical (unpaired) electrons. The van der Waals surface area contributed by atoms with Crippen molar-refractivity contribution in [3.05, 3.63) is 29.8 Å². The van der Waals surface area contributed by atoms with Crippen LogP contribution in [0.4, 0.5) is 5.69 Å². The fourth-order valence-corrected chi connectivity index (χ4v) is 0.967. The predicted molar refractivity (Wildman–Crippen MR) is 47.8 cm³/mol. The van der Waals surface area contributed by atoms with Crippen LogP contribution < -0.4 is 5.48 Å². The first-order chi connectivity index (χ1) is 6.29. The number of carbonyl (C=O) groups excluding carboxylic acids is 1. The van der Waals surface area contributed by atoms with Gasteiger partial charge in [-0.05, 0) is 19.1 Å². The highest BCUT2D eigenvalue weighted by atomic mass is 16.5. The fraction of sp³-hybridized carbons (Fsp3) is 0.222. The summed E-state index contributed by atoms with van der Waals surface area (Å²) in [7, 11) is 0. The van der Waals surface area contributed by atoms with Gasteiger partial charge in [-0.3, -0.25) is 10.7 Å². The Balaban J connectivity index is 2.92. The molecular weight excluding hydrogens is 170 g/mol. The van der Waals surface area contributed by atoms with Gasteiger partial charge in [0.15, 0.2) is 0 Å². The van der Waals surface area contributed by atoms with Gasteiger partial charge >= 0.3 is 5.97 Å². The van der Waals surface area contributed by atoms with Gasteiger partial charge in [-0.2, -0.15) is 0 Å². The summed E-state index contributed by atoms with van der Waals surface area (Å²) in [5, 5.41) is 8.68. The van der Waals surface area contributed by atoms with Gasteiger partial charge in [0.25, 0.3) is 0 Å². The molecular formula is C9H11NO3. The highest BCUT2D eigenvalue weighted by molar-refractivity contribution is 5.95. The summed E-state index contributed by atoms with van der Waals surface area (Å²) in [6.45, 7) is 2.05. The molecule has 1 aromatic rings. The molecule has 4 heteroatoms. The van der Waals surface area contributed by atoms with Crippen molar-refractivity contribution in [1.29, 1.82) is 0 Å². The van der Waals surface area contributed by atoms with Gasteiger partial charge in [0, 0.05) is 0 Å². The monoisotopic (exact) mass is 181 g/mol. The molecule has 1 rings (SSSR count). The molecule has 70 valence electrons. The van der Waals surface area contributed by atoms with Gasteiger partial charge in [0.2, 0.25) is 0 Å². The Labute approximate surface area is 76.1 Å². The number of carbonyl (C=O) groups is 1. The van der Waals surface area contributed by atoms with Crippen molar-refractivity contribution in [3.63, 3.8) is 0 Å². The zero-order chi connectivity index (χ0) is 9.68. The molecule has 0 aliphatic heterocycles. The van der Waals surface area contributed by atoms with Crippen LogP contribution in [0.15, 0.2) is 24.3 Å². The maximum atomic E-state index is 11.3. The van der Waals surface area contributed by atoms with E-state index in [9.17, 15) is 4.79 Å². The minimum atomic E-state index is -0.445. The van der Waals surface area contributed by atoms with Crippen molar-refractivity contribution < 1.29 is 14.7 Å². The van der Waals surface area contributed by atoms with Crippen LogP contribution in [0.25, 0.3) is 0 Å². The van der Waals surface area contributed by atoms with Crippen LogP contribution in [0.1, 0.15) is 17.3 Å². The summed E-state index contributed by atoms with van der Waals surface area (Å²) in [5.41, 5.74) is 2.61. The molecule has 0 saturated carbocycles. The van der Waals surface area contributed by atoms with E-state index < -0.39 is 5.97 Å². The first-order valence-corrected chi connectivity index (χ1v) is 3.95. The summed E-state index contributed by atoms with van der Waals surface area (Å²) < 4.78 is 4.78. The second kappa shape index (κ2) is 4.47. The van der Waals surface area contributed by atoms with Crippen molar-refractivity contribution in [3.8, 4) is 0 Å². The molecule has 0 amide bonds. The highest BCUT2D eigenvalue weighted by Crippen LogP contribution is 2.14. The normalized spacial score (nSPS) is 9.38. The molecule has 4 nitrogen and oxygen atoms in total. The fourth-order valence-electron chi connectivity index (χ4n) is 0.967. The smallest absolute Gasteiger partial charge is 0.340 e. The van der Waals surface area contributed by atoms with Gasteiger partial charge in [-0.1, -0.05) is 12.1 Å². The van der Waals surface area contributed by atoms with Gasteiger partial charge in [-0.25, -0.2) is 4.79 Å². The maximum Gasteiger partial charge on any atom is 0.340 e. The van der Waals surface area contributed by atoms with E-state index in [-0.39, 0.29) is 0 Å². The molecule has 0 spiro atoms.